The lowest BCUT2D eigenvalue weighted by Crippen LogP contribution is -2.63. The van der Waals surface area contributed by atoms with Crippen LogP contribution in [0.1, 0.15) is 37.8 Å². The van der Waals surface area contributed by atoms with Crippen molar-refractivity contribution in [3.8, 4) is 0 Å². The van der Waals surface area contributed by atoms with Crippen molar-refractivity contribution in [3.63, 3.8) is 0 Å². The minimum atomic E-state index is 0.0627. The molecule has 2 amide bonds. The summed E-state index contributed by atoms with van der Waals surface area (Å²) in [5.41, 5.74) is 1.15. The molecule has 2 heterocycles. The van der Waals surface area contributed by atoms with Crippen LogP contribution in [0.3, 0.4) is 0 Å². The molecule has 1 aromatic carbocycles. The molecule has 2 aliphatic heterocycles. The van der Waals surface area contributed by atoms with Crippen LogP contribution in [-0.2, 0) is 0 Å². The Morgan fingerprint density at radius 1 is 1.14 bits per heavy atom. The van der Waals surface area contributed by atoms with Crippen LogP contribution in [0.15, 0.2) is 30.3 Å². The standard InChI is InChI=1S/C17H25N3O/c1-14(15-8-4-2-5-9-15)18-17(21)20-12-16(13-20)19-10-6-3-7-11-19/h2,4-5,8-9,14,16H,3,6-7,10-13H2,1H3,(H,18,21)/t14-/m0/s1. The second-order valence-electron chi connectivity index (χ2n) is 6.24. The Labute approximate surface area is 127 Å². The number of piperidine rings is 1. The number of nitrogens with one attached hydrogen (secondary N) is 1. The molecule has 1 aromatic rings. The van der Waals surface area contributed by atoms with Crippen LogP contribution in [0, 0.1) is 0 Å². The van der Waals surface area contributed by atoms with Gasteiger partial charge in [-0.2, -0.15) is 0 Å². The molecule has 0 aromatic heterocycles. The number of amides is 2. The number of hydrogen-bond acceptors (Lipinski definition) is 2. The topological polar surface area (TPSA) is 35.6 Å². The van der Waals surface area contributed by atoms with Gasteiger partial charge in [0.2, 0.25) is 0 Å². The van der Waals surface area contributed by atoms with Crippen LogP contribution in [-0.4, -0.2) is 48.1 Å². The van der Waals surface area contributed by atoms with E-state index in [-0.39, 0.29) is 12.1 Å². The van der Waals surface area contributed by atoms with Gasteiger partial charge in [-0.1, -0.05) is 36.8 Å². The van der Waals surface area contributed by atoms with E-state index in [0.29, 0.717) is 6.04 Å². The van der Waals surface area contributed by atoms with E-state index in [9.17, 15) is 4.79 Å². The summed E-state index contributed by atoms with van der Waals surface area (Å²) >= 11 is 0. The average Bonchev–Trinajstić information content (AvgIpc) is 2.47. The fourth-order valence-electron chi connectivity index (χ4n) is 3.24. The second-order valence-corrected chi connectivity index (χ2v) is 6.24. The minimum Gasteiger partial charge on any atom is -0.331 e. The first-order chi connectivity index (χ1) is 10.2. The van der Waals surface area contributed by atoms with Gasteiger partial charge in [0, 0.05) is 19.1 Å². The van der Waals surface area contributed by atoms with Gasteiger partial charge in [0.1, 0.15) is 0 Å². The number of likely N-dealkylation sites (tertiary alicyclic amines) is 2. The van der Waals surface area contributed by atoms with Crippen molar-refractivity contribution in [3.05, 3.63) is 35.9 Å². The SMILES string of the molecule is C[C@H](NC(=O)N1CC(N2CCCCC2)C1)c1ccccc1. The molecular formula is C17H25N3O. The second kappa shape index (κ2) is 6.48. The van der Waals surface area contributed by atoms with Gasteiger partial charge >= 0.3 is 6.03 Å². The summed E-state index contributed by atoms with van der Waals surface area (Å²) in [6.45, 7) is 6.22. The predicted octanol–water partition coefficient (Wildman–Crippen LogP) is 2.63. The van der Waals surface area contributed by atoms with Crippen LogP contribution in [0.5, 0.6) is 0 Å². The zero-order valence-corrected chi connectivity index (χ0v) is 12.8. The zero-order chi connectivity index (χ0) is 14.7. The molecule has 0 spiro atoms. The lowest BCUT2D eigenvalue weighted by Gasteiger charge is -2.46. The summed E-state index contributed by atoms with van der Waals surface area (Å²) in [6.07, 6.45) is 3.99. The first-order valence-corrected chi connectivity index (χ1v) is 8.08. The molecular weight excluding hydrogens is 262 g/mol. The van der Waals surface area contributed by atoms with Crippen LogP contribution in [0.4, 0.5) is 4.79 Å². The summed E-state index contributed by atoms with van der Waals surface area (Å²) in [5.74, 6) is 0. The molecule has 4 heteroatoms. The van der Waals surface area contributed by atoms with Crippen molar-refractivity contribution in [1.82, 2.24) is 15.1 Å². The van der Waals surface area contributed by atoms with Gasteiger partial charge in [0.25, 0.3) is 0 Å². The highest BCUT2D eigenvalue weighted by Gasteiger charge is 2.35. The Balaban J connectivity index is 1.45. The average molecular weight is 287 g/mol. The Morgan fingerprint density at radius 2 is 1.81 bits per heavy atom. The molecule has 0 radical (unpaired) electrons. The molecule has 3 rings (SSSR count). The van der Waals surface area contributed by atoms with Crippen molar-refractivity contribution >= 4 is 6.03 Å². The number of rotatable bonds is 3. The summed E-state index contributed by atoms with van der Waals surface area (Å²) in [5, 5.41) is 3.09. The molecule has 0 bridgehead atoms. The van der Waals surface area contributed by atoms with E-state index >= 15 is 0 Å². The Bertz CT molecular complexity index is 464. The third-order valence-electron chi connectivity index (χ3n) is 4.70. The van der Waals surface area contributed by atoms with Crippen molar-refractivity contribution in [2.45, 2.75) is 38.3 Å². The minimum absolute atomic E-state index is 0.0627. The molecule has 2 aliphatic rings. The first-order valence-electron chi connectivity index (χ1n) is 8.08. The Kier molecular flexibility index (Phi) is 4.44. The van der Waals surface area contributed by atoms with Crippen molar-refractivity contribution in [1.29, 1.82) is 0 Å². The number of carbonyl (C=O) groups excluding carboxylic acids is 1. The van der Waals surface area contributed by atoms with Crippen LogP contribution >= 0.6 is 0 Å². The van der Waals surface area contributed by atoms with Crippen LogP contribution in [0.25, 0.3) is 0 Å². The van der Waals surface area contributed by atoms with Gasteiger partial charge in [0.05, 0.1) is 6.04 Å². The summed E-state index contributed by atoms with van der Waals surface area (Å²) in [4.78, 5) is 16.7. The van der Waals surface area contributed by atoms with E-state index in [4.69, 9.17) is 0 Å². The molecule has 2 fully saturated rings. The van der Waals surface area contributed by atoms with Gasteiger partial charge in [0.15, 0.2) is 0 Å². The van der Waals surface area contributed by atoms with E-state index in [1.165, 1.54) is 32.4 Å². The third-order valence-corrected chi connectivity index (χ3v) is 4.70. The highest BCUT2D eigenvalue weighted by Crippen LogP contribution is 2.20. The maximum absolute atomic E-state index is 12.2. The van der Waals surface area contributed by atoms with Crippen LogP contribution < -0.4 is 5.32 Å². The van der Waals surface area contributed by atoms with Crippen molar-refractivity contribution in [2.75, 3.05) is 26.2 Å². The van der Waals surface area contributed by atoms with E-state index in [1.807, 2.05) is 30.0 Å². The highest BCUT2D eigenvalue weighted by atomic mass is 16.2. The summed E-state index contributed by atoms with van der Waals surface area (Å²) in [7, 11) is 0. The first kappa shape index (κ1) is 14.4. The summed E-state index contributed by atoms with van der Waals surface area (Å²) in [6, 6.07) is 10.8. The smallest absolute Gasteiger partial charge is 0.317 e. The molecule has 0 aliphatic carbocycles. The van der Waals surface area contributed by atoms with Gasteiger partial charge in [-0.25, -0.2) is 4.79 Å². The molecule has 1 atom stereocenters. The van der Waals surface area contributed by atoms with Crippen molar-refractivity contribution < 1.29 is 4.79 Å². The molecule has 114 valence electrons. The number of benzene rings is 1. The maximum Gasteiger partial charge on any atom is 0.317 e. The van der Waals surface area contributed by atoms with E-state index in [1.54, 1.807) is 0 Å². The lowest BCUT2D eigenvalue weighted by atomic mass is 10.0. The van der Waals surface area contributed by atoms with E-state index in [2.05, 4.69) is 22.3 Å². The molecule has 2 saturated heterocycles. The molecule has 4 nitrogen and oxygen atoms in total. The van der Waals surface area contributed by atoms with Gasteiger partial charge in [-0.05, 0) is 38.4 Å². The number of urea groups is 1. The largest absolute Gasteiger partial charge is 0.331 e. The maximum atomic E-state index is 12.2. The van der Waals surface area contributed by atoms with Crippen LogP contribution in [0.2, 0.25) is 0 Å². The highest BCUT2D eigenvalue weighted by molar-refractivity contribution is 5.75. The molecule has 0 unspecified atom stereocenters. The van der Waals surface area contributed by atoms with Gasteiger partial charge in [-0.3, -0.25) is 4.90 Å². The predicted molar refractivity (Wildman–Crippen MR) is 84.2 cm³/mol. The monoisotopic (exact) mass is 287 g/mol. The Hall–Kier alpha value is -1.55. The lowest BCUT2D eigenvalue weighted by molar-refractivity contribution is 0.0444. The summed E-state index contributed by atoms with van der Waals surface area (Å²) < 4.78 is 0. The third kappa shape index (κ3) is 3.38. The number of hydrogen-bond donors (Lipinski definition) is 1. The Morgan fingerprint density at radius 3 is 2.48 bits per heavy atom. The van der Waals surface area contributed by atoms with Gasteiger partial charge < -0.3 is 10.2 Å². The fraction of sp³-hybridized carbons (Fsp3) is 0.588. The van der Waals surface area contributed by atoms with Crippen molar-refractivity contribution in [2.24, 2.45) is 0 Å². The molecule has 0 saturated carbocycles. The fourth-order valence-corrected chi connectivity index (χ4v) is 3.24. The number of carbonyl (C=O) groups is 1. The van der Waals surface area contributed by atoms with E-state index < -0.39 is 0 Å². The normalized spacial score (nSPS) is 21.7. The quantitative estimate of drug-likeness (QED) is 0.927. The molecule has 21 heavy (non-hydrogen) atoms. The van der Waals surface area contributed by atoms with E-state index in [0.717, 1.165) is 18.7 Å². The number of nitrogens with zero attached hydrogens (tertiary/aromatic N) is 2. The zero-order valence-electron chi connectivity index (χ0n) is 12.8. The van der Waals surface area contributed by atoms with Gasteiger partial charge in [-0.15, -0.1) is 0 Å². The molecule has 1 N–H and O–H groups in total.